The minimum atomic E-state index is -0.396. The fraction of sp³-hybridized carbons (Fsp3) is 0.375. The van der Waals surface area contributed by atoms with E-state index in [1.807, 2.05) is 33.7 Å². The number of hydrogen-bond acceptors (Lipinski definition) is 9. The molecule has 2 saturated heterocycles. The molecule has 0 saturated carbocycles. The van der Waals surface area contributed by atoms with E-state index in [1.54, 1.807) is 12.1 Å². The van der Waals surface area contributed by atoms with E-state index in [2.05, 4.69) is 24.9 Å². The van der Waals surface area contributed by atoms with Crippen molar-refractivity contribution in [3.8, 4) is 0 Å². The molecule has 2 aliphatic heterocycles. The lowest BCUT2D eigenvalue weighted by molar-refractivity contribution is -0.150. The second kappa shape index (κ2) is 9.39. The molecular weight excluding hydrogens is 464 g/mol. The lowest BCUT2D eigenvalue weighted by Crippen LogP contribution is -2.71. The van der Waals surface area contributed by atoms with Crippen LogP contribution in [0.15, 0.2) is 59.7 Å². The van der Waals surface area contributed by atoms with Crippen LogP contribution in [0.1, 0.15) is 22.6 Å². The zero-order valence-corrected chi connectivity index (χ0v) is 19.7. The summed E-state index contributed by atoms with van der Waals surface area (Å²) in [6.07, 6.45) is 4.14. The third-order valence-corrected chi connectivity index (χ3v) is 7.00. The number of rotatable bonds is 5. The number of nitrogens with zero attached hydrogens (tertiary/aromatic N) is 8. The molecule has 3 aromatic heterocycles. The highest BCUT2D eigenvalue weighted by atomic mass is 16.5. The molecule has 4 aromatic rings. The maximum Gasteiger partial charge on any atom is 0.352 e. The first-order valence-electron chi connectivity index (χ1n) is 12.0. The predicted molar refractivity (Wildman–Crippen MR) is 128 cm³/mol. The first kappa shape index (κ1) is 22.7. The fourth-order valence-electron chi connectivity index (χ4n) is 5.28. The van der Waals surface area contributed by atoms with Gasteiger partial charge >= 0.3 is 5.95 Å². The average Bonchev–Trinajstić information content (AvgIpc) is 3.61. The number of benzene rings is 1. The van der Waals surface area contributed by atoms with Crippen molar-refractivity contribution in [2.75, 3.05) is 45.9 Å². The third kappa shape index (κ3) is 3.84. The lowest BCUT2D eigenvalue weighted by atomic mass is 10.2. The van der Waals surface area contributed by atoms with Gasteiger partial charge in [-0.25, -0.2) is 9.97 Å². The Morgan fingerprint density at radius 1 is 1.08 bits per heavy atom. The first-order valence-corrected chi connectivity index (χ1v) is 12.0. The molecule has 2 unspecified atom stereocenters. The van der Waals surface area contributed by atoms with E-state index >= 15 is 0 Å². The van der Waals surface area contributed by atoms with Crippen LogP contribution >= 0.6 is 0 Å². The third-order valence-electron chi connectivity index (χ3n) is 7.00. The van der Waals surface area contributed by atoms with Gasteiger partial charge in [0, 0.05) is 13.1 Å². The number of piperazine rings is 1. The SMILES string of the molecule is O=C(c1ccco1)N1CCN([N+]2(c3ncncn3)CCOC(n3c(CO)nc4ccccc43)C2)CC1. The van der Waals surface area contributed by atoms with E-state index in [1.165, 1.54) is 18.9 Å². The molecule has 0 aliphatic carbocycles. The minimum Gasteiger partial charge on any atom is -0.459 e. The molecular formula is C24H27N8O4+. The summed E-state index contributed by atoms with van der Waals surface area (Å²) in [5, 5.41) is 12.4. The molecule has 0 bridgehead atoms. The summed E-state index contributed by atoms with van der Waals surface area (Å²) in [6, 6.07) is 11.2. The summed E-state index contributed by atoms with van der Waals surface area (Å²) in [4.78, 5) is 32.4. The van der Waals surface area contributed by atoms with Crippen molar-refractivity contribution >= 4 is 22.9 Å². The van der Waals surface area contributed by atoms with Gasteiger partial charge in [-0.1, -0.05) is 12.1 Å². The van der Waals surface area contributed by atoms with Crippen LogP contribution in [0, 0.1) is 0 Å². The van der Waals surface area contributed by atoms with E-state index in [0.717, 1.165) is 11.0 Å². The van der Waals surface area contributed by atoms with Crippen LogP contribution in [-0.2, 0) is 11.3 Å². The highest BCUT2D eigenvalue weighted by Gasteiger charge is 2.48. The summed E-state index contributed by atoms with van der Waals surface area (Å²) < 4.78 is 13.9. The molecule has 1 aromatic carbocycles. The number of amides is 1. The zero-order chi connectivity index (χ0) is 24.5. The molecule has 1 N–H and O–H groups in total. The van der Waals surface area contributed by atoms with Gasteiger partial charge in [0.1, 0.15) is 44.8 Å². The molecule has 2 atom stereocenters. The van der Waals surface area contributed by atoms with Crippen LogP contribution in [0.3, 0.4) is 0 Å². The number of aliphatic hydroxyl groups is 1. The van der Waals surface area contributed by atoms with Gasteiger partial charge in [0.15, 0.2) is 12.0 Å². The van der Waals surface area contributed by atoms with Crippen molar-refractivity contribution in [1.82, 2.24) is 39.0 Å². The molecule has 186 valence electrons. The number of aromatic nitrogens is 5. The predicted octanol–water partition coefficient (Wildman–Crippen LogP) is 1.22. The van der Waals surface area contributed by atoms with Crippen molar-refractivity contribution in [3.63, 3.8) is 0 Å². The Hall–Kier alpha value is -3.71. The number of fused-ring (bicyclic) bond motifs is 1. The lowest BCUT2D eigenvalue weighted by Gasteiger charge is -2.49. The number of morpholine rings is 1. The average molecular weight is 492 g/mol. The minimum absolute atomic E-state index is 0.108. The molecule has 6 rings (SSSR count). The second-order valence-corrected chi connectivity index (χ2v) is 8.86. The summed E-state index contributed by atoms with van der Waals surface area (Å²) in [7, 11) is 0. The van der Waals surface area contributed by atoms with Crippen molar-refractivity contribution in [3.05, 3.63) is 66.9 Å². The van der Waals surface area contributed by atoms with Crippen molar-refractivity contribution in [1.29, 1.82) is 0 Å². The van der Waals surface area contributed by atoms with Gasteiger partial charge in [0.25, 0.3) is 5.91 Å². The van der Waals surface area contributed by atoms with Crippen molar-refractivity contribution in [2.45, 2.75) is 12.8 Å². The van der Waals surface area contributed by atoms with Crippen LogP contribution in [0.5, 0.6) is 0 Å². The van der Waals surface area contributed by atoms with Gasteiger partial charge in [-0.05, 0) is 24.3 Å². The Labute approximate surface area is 206 Å². The quantitative estimate of drug-likeness (QED) is 0.411. The standard InChI is InChI=1S/C24H27N8O4/c33-15-21-28-18-4-1-2-5-19(18)31(21)22-14-32(11-13-36-22,24-26-16-25-17-27-24)30-9-7-29(8-10-30)23(34)20-6-3-12-35-20/h1-6,12,16-17,22,33H,7-11,13-15H2/q+1. The fourth-order valence-corrected chi connectivity index (χ4v) is 5.28. The molecule has 0 spiro atoms. The summed E-state index contributed by atoms with van der Waals surface area (Å²) in [6.45, 7) is 3.74. The molecule has 2 aliphatic rings. The van der Waals surface area contributed by atoms with E-state index in [9.17, 15) is 9.90 Å². The highest BCUT2D eigenvalue weighted by Crippen LogP contribution is 2.33. The van der Waals surface area contributed by atoms with Gasteiger partial charge in [-0.15, -0.1) is 5.01 Å². The van der Waals surface area contributed by atoms with Crippen LogP contribution in [0.4, 0.5) is 5.95 Å². The summed E-state index contributed by atoms with van der Waals surface area (Å²) >= 11 is 0. The molecule has 2 fully saturated rings. The monoisotopic (exact) mass is 491 g/mol. The van der Waals surface area contributed by atoms with Gasteiger partial charge in [-0.3, -0.25) is 9.36 Å². The number of ether oxygens (including phenoxy) is 1. The maximum atomic E-state index is 12.8. The summed E-state index contributed by atoms with van der Waals surface area (Å²) in [5.41, 5.74) is 1.70. The Bertz CT molecular complexity index is 1340. The van der Waals surface area contributed by atoms with Crippen molar-refractivity contribution in [2.24, 2.45) is 0 Å². The van der Waals surface area contributed by atoms with E-state index < -0.39 is 6.23 Å². The van der Waals surface area contributed by atoms with E-state index in [4.69, 9.17) is 9.15 Å². The van der Waals surface area contributed by atoms with E-state index in [0.29, 0.717) is 68.0 Å². The molecule has 1 amide bonds. The number of imidazole rings is 1. The largest absolute Gasteiger partial charge is 0.459 e. The number of quaternary nitrogens is 1. The topological polar surface area (TPSA) is 123 Å². The zero-order valence-electron chi connectivity index (χ0n) is 19.7. The maximum absolute atomic E-state index is 12.8. The number of carbonyl (C=O) groups is 1. The number of furan rings is 1. The van der Waals surface area contributed by atoms with E-state index in [-0.39, 0.29) is 12.5 Å². The normalized spacial score (nSPS) is 23.2. The van der Waals surface area contributed by atoms with Gasteiger partial charge < -0.3 is 19.2 Å². The number of aliphatic hydroxyl groups excluding tert-OH is 1. The van der Waals surface area contributed by atoms with Crippen LogP contribution < -0.4 is 4.59 Å². The van der Waals surface area contributed by atoms with Crippen LogP contribution in [-0.4, -0.2) is 91.3 Å². The highest BCUT2D eigenvalue weighted by molar-refractivity contribution is 5.91. The Kier molecular flexibility index (Phi) is 5.93. The number of para-hydroxylation sites is 2. The molecule has 0 radical (unpaired) electrons. The van der Waals surface area contributed by atoms with Crippen LogP contribution in [0.25, 0.3) is 11.0 Å². The summed E-state index contributed by atoms with van der Waals surface area (Å²) in [5.74, 6) is 1.41. The molecule has 12 nitrogen and oxygen atoms in total. The second-order valence-electron chi connectivity index (χ2n) is 8.86. The van der Waals surface area contributed by atoms with Crippen molar-refractivity contribution < 1.29 is 19.1 Å². The number of carbonyl (C=O) groups excluding carboxylic acids is 1. The molecule has 36 heavy (non-hydrogen) atoms. The molecule has 5 heterocycles. The van der Waals surface area contributed by atoms with Gasteiger partial charge in [0.2, 0.25) is 0 Å². The van der Waals surface area contributed by atoms with Gasteiger partial charge in [0.05, 0.1) is 30.4 Å². The van der Waals surface area contributed by atoms with Crippen LogP contribution in [0.2, 0.25) is 0 Å². The molecule has 12 heteroatoms. The Morgan fingerprint density at radius 3 is 2.64 bits per heavy atom. The van der Waals surface area contributed by atoms with Gasteiger partial charge in [-0.2, -0.15) is 14.6 Å². The Morgan fingerprint density at radius 2 is 1.89 bits per heavy atom. The Balaban J connectivity index is 1.32. The first-order chi connectivity index (χ1) is 17.7. The number of hydrogen-bond donors (Lipinski definition) is 1. The smallest absolute Gasteiger partial charge is 0.352 e.